The summed E-state index contributed by atoms with van der Waals surface area (Å²) in [5.41, 5.74) is 2.55. The standard InChI is InChI=1S/C39H64O3/c1-23(2)30-19-29(18-14-13-17-28-15-11-10-12-16-28)25(4)33-31(30)21-37(7)22-38(8)20-24(3)32(27(6)40)36(42)39(38,9)26(5)34(37)35(33)41/h19,23,25-28,30-31,33-35,40-41H,10-18,20-22H2,1-9H3. The zero-order valence-corrected chi connectivity index (χ0v) is 28.6. The Morgan fingerprint density at radius 3 is 2.31 bits per heavy atom. The number of ketones is 1. The molecule has 0 aromatic carbocycles. The minimum absolute atomic E-state index is 0.00461. The molecule has 0 spiro atoms. The smallest absolute Gasteiger partial charge is 0.168 e. The van der Waals surface area contributed by atoms with Crippen molar-refractivity contribution in [2.75, 3.05) is 0 Å². The van der Waals surface area contributed by atoms with Gasteiger partial charge in [0.2, 0.25) is 0 Å². The van der Waals surface area contributed by atoms with Crippen LogP contribution in [0.25, 0.3) is 0 Å². The quantitative estimate of drug-likeness (QED) is 0.233. The van der Waals surface area contributed by atoms with E-state index in [1.54, 1.807) is 12.5 Å². The van der Waals surface area contributed by atoms with Crippen molar-refractivity contribution in [2.45, 2.75) is 152 Å². The van der Waals surface area contributed by atoms with E-state index < -0.39 is 17.6 Å². The van der Waals surface area contributed by atoms with Crippen LogP contribution in [0.4, 0.5) is 0 Å². The molecule has 0 heterocycles. The number of rotatable bonds is 7. The topological polar surface area (TPSA) is 57.5 Å². The maximum atomic E-state index is 14.3. The van der Waals surface area contributed by atoms with Crippen molar-refractivity contribution in [3.05, 3.63) is 22.8 Å². The molecule has 42 heavy (non-hydrogen) atoms. The maximum Gasteiger partial charge on any atom is 0.168 e. The Hall–Kier alpha value is -0.930. The van der Waals surface area contributed by atoms with Gasteiger partial charge in [-0.1, -0.05) is 111 Å². The molecule has 0 bridgehead atoms. The third-order valence-corrected chi connectivity index (χ3v) is 14.4. The fourth-order valence-electron chi connectivity index (χ4n) is 12.3. The average molecular weight is 581 g/mol. The molecule has 3 saturated carbocycles. The van der Waals surface area contributed by atoms with E-state index in [0.717, 1.165) is 30.8 Å². The maximum absolute atomic E-state index is 14.3. The summed E-state index contributed by atoms with van der Waals surface area (Å²) in [6.07, 6.45) is 16.9. The van der Waals surface area contributed by atoms with E-state index in [0.29, 0.717) is 29.2 Å². The minimum atomic E-state index is -0.740. The number of unbranched alkanes of at least 4 members (excludes halogenated alkanes) is 1. The Balaban J connectivity index is 1.42. The highest BCUT2D eigenvalue weighted by Crippen LogP contribution is 2.71. The molecular formula is C39H64O3. The van der Waals surface area contributed by atoms with Gasteiger partial charge in [-0.15, -0.1) is 0 Å². The van der Waals surface area contributed by atoms with Gasteiger partial charge in [-0.05, 0) is 104 Å². The van der Waals surface area contributed by atoms with Gasteiger partial charge >= 0.3 is 0 Å². The summed E-state index contributed by atoms with van der Waals surface area (Å²) in [6, 6.07) is 0. The van der Waals surface area contributed by atoms with E-state index in [1.165, 1.54) is 57.8 Å². The highest BCUT2D eigenvalue weighted by Gasteiger charge is 2.69. The Morgan fingerprint density at radius 1 is 1.02 bits per heavy atom. The Bertz CT molecular complexity index is 1080. The van der Waals surface area contributed by atoms with Crippen LogP contribution in [0.2, 0.25) is 0 Å². The molecule has 5 aliphatic carbocycles. The van der Waals surface area contributed by atoms with E-state index in [9.17, 15) is 15.0 Å². The Morgan fingerprint density at radius 2 is 1.69 bits per heavy atom. The number of fused-ring (bicyclic) bond motifs is 3. The lowest BCUT2D eigenvalue weighted by atomic mass is 9.35. The van der Waals surface area contributed by atoms with Crippen LogP contribution in [0.1, 0.15) is 139 Å². The van der Waals surface area contributed by atoms with E-state index in [1.807, 2.05) is 0 Å². The number of allylic oxidation sites excluding steroid dienone is 3. The van der Waals surface area contributed by atoms with Gasteiger partial charge in [-0.2, -0.15) is 0 Å². The third kappa shape index (κ3) is 5.13. The SMILES string of the molecule is CC1=C(C(C)O)C(=O)C2(C)C(C)C3C(O)C4C(C)C(CCCCC5CCCCC5)=CC(C(C)C)C4CC3(C)CC2(C)C1. The van der Waals surface area contributed by atoms with Crippen molar-refractivity contribution in [1.82, 2.24) is 0 Å². The van der Waals surface area contributed by atoms with Crippen LogP contribution in [0.5, 0.6) is 0 Å². The lowest BCUT2D eigenvalue weighted by Crippen LogP contribution is -2.67. The number of hydrogen-bond acceptors (Lipinski definition) is 3. The van der Waals surface area contributed by atoms with Crippen LogP contribution in [-0.2, 0) is 4.79 Å². The molecule has 0 aromatic heterocycles. The number of aliphatic hydroxyl groups is 2. The second-order valence-electron chi connectivity index (χ2n) is 17.3. The summed E-state index contributed by atoms with van der Waals surface area (Å²) in [4.78, 5) is 14.3. The summed E-state index contributed by atoms with van der Waals surface area (Å²) < 4.78 is 0. The molecule has 0 radical (unpaired) electrons. The van der Waals surface area contributed by atoms with Crippen molar-refractivity contribution in [1.29, 1.82) is 0 Å². The molecule has 5 rings (SSSR count). The number of Topliss-reactive ketones (excluding diaryl/α,β-unsaturated/α-hetero) is 1. The first kappa shape index (κ1) is 32.5. The molecule has 2 N–H and O–H groups in total. The van der Waals surface area contributed by atoms with Gasteiger partial charge in [0.1, 0.15) is 0 Å². The number of carbonyl (C=O) groups is 1. The van der Waals surface area contributed by atoms with Crippen LogP contribution >= 0.6 is 0 Å². The molecule has 0 aromatic rings. The lowest BCUT2D eigenvalue weighted by Gasteiger charge is -2.68. The van der Waals surface area contributed by atoms with E-state index >= 15 is 0 Å². The fraction of sp³-hybridized carbons (Fsp3) is 0.872. The first-order valence-electron chi connectivity index (χ1n) is 18.0. The number of hydrogen-bond donors (Lipinski definition) is 2. The van der Waals surface area contributed by atoms with Crippen LogP contribution < -0.4 is 0 Å². The average Bonchev–Trinajstić information content (AvgIpc) is 2.89. The monoisotopic (exact) mass is 580 g/mol. The first-order chi connectivity index (χ1) is 19.7. The predicted octanol–water partition coefficient (Wildman–Crippen LogP) is 9.32. The highest BCUT2D eigenvalue weighted by atomic mass is 16.3. The summed E-state index contributed by atoms with van der Waals surface area (Å²) in [7, 11) is 0. The van der Waals surface area contributed by atoms with Gasteiger partial charge < -0.3 is 10.2 Å². The Kier molecular flexibility index (Phi) is 9.10. The van der Waals surface area contributed by atoms with Gasteiger partial charge in [0.15, 0.2) is 5.78 Å². The number of carbonyl (C=O) groups excluding carboxylic acids is 1. The molecule has 11 unspecified atom stereocenters. The van der Waals surface area contributed by atoms with Crippen LogP contribution in [-0.4, -0.2) is 28.2 Å². The minimum Gasteiger partial charge on any atom is -0.392 e. The molecule has 3 fully saturated rings. The summed E-state index contributed by atoms with van der Waals surface area (Å²) >= 11 is 0. The highest BCUT2D eigenvalue weighted by molar-refractivity contribution is 6.03. The molecule has 3 nitrogen and oxygen atoms in total. The molecule has 11 atom stereocenters. The lowest BCUT2D eigenvalue weighted by molar-refractivity contribution is -0.217. The van der Waals surface area contributed by atoms with Crippen molar-refractivity contribution < 1.29 is 15.0 Å². The van der Waals surface area contributed by atoms with E-state index in [2.05, 4.69) is 61.5 Å². The molecular weight excluding hydrogens is 516 g/mol. The second-order valence-corrected chi connectivity index (χ2v) is 17.3. The fourth-order valence-corrected chi connectivity index (χ4v) is 12.3. The summed E-state index contributed by atoms with van der Waals surface area (Å²) in [5.74, 6) is 3.47. The van der Waals surface area contributed by atoms with Gasteiger partial charge in [-0.3, -0.25) is 4.79 Å². The zero-order chi connectivity index (χ0) is 30.8. The normalized spacial score (nSPS) is 45.3. The molecule has 0 saturated heterocycles. The first-order valence-corrected chi connectivity index (χ1v) is 18.0. The van der Waals surface area contributed by atoms with Crippen molar-refractivity contribution in [3.63, 3.8) is 0 Å². The summed E-state index contributed by atoms with van der Waals surface area (Å²) in [6.45, 7) is 20.3. The van der Waals surface area contributed by atoms with E-state index in [4.69, 9.17) is 0 Å². The van der Waals surface area contributed by atoms with E-state index in [-0.39, 0.29) is 34.4 Å². The molecule has 0 amide bonds. The van der Waals surface area contributed by atoms with Crippen LogP contribution in [0.15, 0.2) is 22.8 Å². The zero-order valence-electron chi connectivity index (χ0n) is 28.6. The van der Waals surface area contributed by atoms with Gasteiger partial charge in [-0.25, -0.2) is 0 Å². The van der Waals surface area contributed by atoms with Gasteiger partial charge in [0.05, 0.1) is 12.2 Å². The predicted molar refractivity (Wildman–Crippen MR) is 174 cm³/mol. The molecule has 0 aliphatic heterocycles. The van der Waals surface area contributed by atoms with Crippen molar-refractivity contribution in [3.8, 4) is 0 Å². The van der Waals surface area contributed by atoms with Crippen molar-refractivity contribution in [2.24, 2.45) is 63.6 Å². The molecule has 238 valence electrons. The third-order valence-electron chi connectivity index (χ3n) is 14.4. The second kappa shape index (κ2) is 11.8. The van der Waals surface area contributed by atoms with Crippen LogP contribution in [0.3, 0.4) is 0 Å². The molecule has 5 aliphatic rings. The van der Waals surface area contributed by atoms with Crippen molar-refractivity contribution >= 4 is 5.78 Å². The van der Waals surface area contributed by atoms with Gasteiger partial charge in [0, 0.05) is 11.0 Å². The Labute approximate surface area is 258 Å². The van der Waals surface area contributed by atoms with Gasteiger partial charge in [0.25, 0.3) is 0 Å². The van der Waals surface area contributed by atoms with Crippen LogP contribution in [0, 0.1) is 63.6 Å². The molecule has 3 heteroatoms. The largest absolute Gasteiger partial charge is 0.392 e. The summed E-state index contributed by atoms with van der Waals surface area (Å²) in [5, 5.41) is 23.2. The number of aliphatic hydroxyl groups excluding tert-OH is 2.